The molecule has 0 radical (unpaired) electrons. The monoisotopic (exact) mass is 475 g/mol. The molecular formula is C26H26BrN3O. The summed E-state index contributed by atoms with van der Waals surface area (Å²) in [6, 6.07) is 22.6. The second kappa shape index (κ2) is 8.67. The van der Waals surface area contributed by atoms with Gasteiger partial charge in [-0.05, 0) is 60.4 Å². The van der Waals surface area contributed by atoms with Gasteiger partial charge in [0.15, 0.2) is 5.84 Å². The molecule has 3 aromatic carbocycles. The van der Waals surface area contributed by atoms with E-state index in [1.54, 1.807) is 0 Å². The summed E-state index contributed by atoms with van der Waals surface area (Å²) in [7, 11) is 0. The Bertz CT molecular complexity index is 1140. The first kappa shape index (κ1) is 21.3. The molecule has 0 aliphatic carbocycles. The van der Waals surface area contributed by atoms with Gasteiger partial charge >= 0.3 is 0 Å². The number of amidine groups is 1. The van der Waals surface area contributed by atoms with Gasteiger partial charge in [0.2, 0.25) is 0 Å². The van der Waals surface area contributed by atoms with Crippen molar-refractivity contribution in [1.29, 1.82) is 0 Å². The Kier molecular flexibility index (Phi) is 5.96. The van der Waals surface area contributed by atoms with E-state index in [1.165, 1.54) is 5.56 Å². The van der Waals surface area contributed by atoms with Gasteiger partial charge in [-0.1, -0.05) is 61.0 Å². The molecule has 31 heavy (non-hydrogen) atoms. The van der Waals surface area contributed by atoms with Crippen molar-refractivity contribution >= 4 is 33.2 Å². The van der Waals surface area contributed by atoms with Crippen molar-refractivity contribution in [1.82, 2.24) is 5.43 Å². The van der Waals surface area contributed by atoms with Crippen molar-refractivity contribution in [2.45, 2.75) is 33.1 Å². The lowest BCUT2D eigenvalue weighted by Crippen LogP contribution is -2.20. The number of nitrogens with zero attached hydrogens (tertiary/aromatic N) is 2. The summed E-state index contributed by atoms with van der Waals surface area (Å²) in [5, 5.41) is 4.75. The first-order valence-corrected chi connectivity index (χ1v) is 11.2. The Morgan fingerprint density at radius 3 is 2.23 bits per heavy atom. The lowest BCUT2D eigenvalue weighted by atomic mass is 9.86. The summed E-state index contributed by atoms with van der Waals surface area (Å²) in [5.41, 5.74) is 9.26. The second-order valence-corrected chi connectivity index (χ2v) is 9.39. The molecule has 0 saturated carbocycles. The summed E-state index contributed by atoms with van der Waals surface area (Å²) in [6.45, 7) is 9.26. The maximum absolute atomic E-state index is 5.58. The number of nitrogens with one attached hydrogen (secondary N) is 1. The zero-order chi connectivity index (χ0) is 22.0. The van der Waals surface area contributed by atoms with Crippen molar-refractivity contribution in [3.8, 4) is 5.75 Å². The van der Waals surface area contributed by atoms with Crippen LogP contribution in [0, 0.1) is 0 Å². The van der Waals surface area contributed by atoms with Crippen LogP contribution in [0.3, 0.4) is 0 Å². The van der Waals surface area contributed by atoms with E-state index in [2.05, 4.69) is 72.5 Å². The van der Waals surface area contributed by atoms with Gasteiger partial charge in [0, 0.05) is 21.2 Å². The van der Waals surface area contributed by atoms with Gasteiger partial charge in [0.1, 0.15) is 11.5 Å². The number of fused-ring (bicyclic) bond motifs is 1. The van der Waals surface area contributed by atoms with E-state index in [0.717, 1.165) is 44.1 Å². The molecular weight excluding hydrogens is 450 g/mol. The van der Waals surface area contributed by atoms with Crippen LogP contribution in [0.2, 0.25) is 0 Å². The number of rotatable bonds is 4. The standard InChI is InChI=1S/C26H26BrN3O/c1-5-31-21-13-8-17(9-14-21)24-22-16-20(27)12-15-23(22)28-25(30-29-24)18-6-10-19(11-7-18)26(2,3)4/h6-16H,5H2,1-4H3,(H,28,30). The molecule has 1 aliphatic rings. The molecule has 1 aliphatic heterocycles. The number of aliphatic imine (C=N–C) groups is 1. The molecule has 0 amide bonds. The van der Waals surface area contributed by atoms with E-state index >= 15 is 0 Å². The number of halogens is 1. The molecule has 158 valence electrons. The number of ether oxygens (including phenoxy) is 1. The average molecular weight is 476 g/mol. The Morgan fingerprint density at radius 2 is 1.58 bits per heavy atom. The van der Waals surface area contributed by atoms with Crippen molar-refractivity contribution in [3.63, 3.8) is 0 Å². The van der Waals surface area contributed by atoms with Crippen LogP contribution in [-0.4, -0.2) is 18.2 Å². The lowest BCUT2D eigenvalue weighted by molar-refractivity contribution is 0.340. The topological polar surface area (TPSA) is 46.0 Å². The molecule has 0 atom stereocenters. The van der Waals surface area contributed by atoms with Gasteiger partial charge < -0.3 is 4.74 Å². The van der Waals surface area contributed by atoms with Gasteiger partial charge in [0.25, 0.3) is 0 Å². The highest BCUT2D eigenvalue weighted by Gasteiger charge is 2.19. The molecule has 1 heterocycles. The fourth-order valence-corrected chi connectivity index (χ4v) is 3.82. The third-order valence-corrected chi connectivity index (χ3v) is 5.68. The molecule has 4 nitrogen and oxygen atoms in total. The van der Waals surface area contributed by atoms with Crippen LogP contribution in [-0.2, 0) is 5.41 Å². The van der Waals surface area contributed by atoms with E-state index in [4.69, 9.17) is 14.8 Å². The van der Waals surface area contributed by atoms with Crippen molar-refractivity contribution in [2.75, 3.05) is 6.61 Å². The van der Waals surface area contributed by atoms with Crippen molar-refractivity contribution < 1.29 is 4.74 Å². The Labute approximate surface area is 192 Å². The van der Waals surface area contributed by atoms with Gasteiger partial charge in [-0.2, -0.15) is 5.10 Å². The largest absolute Gasteiger partial charge is 0.494 e. The fraction of sp³-hybridized carbons (Fsp3) is 0.231. The normalized spacial score (nSPS) is 13.5. The third-order valence-electron chi connectivity index (χ3n) is 5.18. The maximum atomic E-state index is 5.58. The Morgan fingerprint density at radius 1 is 0.903 bits per heavy atom. The summed E-state index contributed by atoms with van der Waals surface area (Å²) in [6.07, 6.45) is 0. The molecule has 0 aromatic heterocycles. The van der Waals surface area contributed by atoms with E-state index in [9.17, 15) is 0 Å². The number of hydrogen-bond donors (Lipinski definition) is 1. The van der Waals surface area contributed by atoms with Crippen LogP contribution in [0.15, 0.2) is 81.3 Å². The minimum absolute atomic E-state index is 0.106. The average Bonchev–Trinajstić information content (AvgIpc) is 2.93. The quantitative estimate of drug-likeness (QED) is 0.463. The molecule has 4 rings (SSSR count). The van der Waals surface area contributed by atoms with E-state index < -0.39 is 0 Å². The van der Waals surface area contributed by atoms with Gasteiger partial charge in [-0.25, -0.2) is 4.99 Å². The highest BCUT2D eigenvalue weighted by Crippen LogP contribution is 2.30. The van der Waals surface area contributed by atoms with Crippen molar-refractivity contribution in [2.24, 2.45) is 10.1 Å². The number of benzene rings is 3. The third kappa shape index (κ3) is 4.72. The Hall–Kier alpha value is -2.92. The molecule has 0 spiro atoms. The molecule has 0 fully saturated rings. The van der Waals surface area contributed by atoms with Crippen molar-refractivity contribution in [3.05, 3.63) is 93.5 Å². The second-order valence-electron chi connectivity index (χ2n) is 8.48. The van der Waals surface area contributed by atoms with Crippen LogP contribution in [0.25, 0.3) is 0 Å². The predicted molar refractivity (Wildman–Crippen MR) is 132 cm³/mol. The van der Waals surface area contributed by atoms with E-state index in [-0.39, 0.29) is 5.41 Å². The molecule has 0 saturated heterocycles. The van der Waals surface area contributed by atoms with E-state index in [1.807, 2.05) is 43.3 Å². The van der Waals surface area contributed by atoms with Crippen LogP contribution < -0.4 is 10.2 Å². The number of hydrogen-bond acceptors (Lipinski definition) is 4. The SMILES string of the molecule is CCOc1ccc(C2=NNC(c3ccc(C(C)(C)C)cc3)=Nc3ccc(Br)cc32)cc1. The predicted octanol–water partition coefficient (Wildman–Crippen LogP) is 6.58. The zero-order valence-electron chi connectivity index (χ0n) is 18.2. The summed E-state index contributed by atoms with van der Waals surface area (Å²) < 4.78 is 6.57. The maximum Gasteiger partial charge on any atom is 0.154 e. The first-order chi connectivity index (χ1) is 14.8. The molecule has 1 N–H and O–H groups in total. The van der Waals surface area contributed by atoms with Gasteiger partial charge in [-0.3, -0.25) is 5.43 Å². The summed E-state index contributed by atoms with van der Waals surface area (Å²) in [5.74, 6) is 1.57. The molecule has 0 unspecified atom stereocenters. The highest BCUT2D eigenvalue weighted by molar-refractivity contribution is 9.10. The zero-order valence-corrected chi connectivity index (χ0v) is 19.8. The van der Waals surface area contributed by atoms with Gasteiger partial charge in [-0.15, -0.1) is 0 Å². The minimum atomic E-state index is 0.106. The molecule has 0 bridgehead atoms. The van der Waals surface area contributed by atoms with Gasteiger partial charge in [0.05, 0.1) is 12.3 Å². The van der Waals surface area contributed by atoms with Crippen LogP contribution in [0.1, 0.15) is 49.9 Å². The number of hydrazone groups is 1. The van der Waals surface area contributed by atoms with Crippen LogP contribution in [0.5, 0.6) is 5.75 Å². The van der Waals surface area contributed by atoms with E-state index in [0.29, 0.717) is 6.61 Å². The fourth-order valence-electron chi connectivity index (χ4n) is 3.46. The summed E-state index contributed by atoms with van der Waals surface area (Å²) in [4.78, 5) is 4.91. The summed E-state index contributed by atoms with van der Waals surface area (Å²) >= 11 is 3.59. The van der Waals surface area contributed by atoms with Crippen LogP contribution in [0.4, 0.5) is 5.69 Å². The highest BCUT2D eigenvalue weighted by atomic mass is 79.9. The molecule has 5 heteroatoms. The Balaban J connectivity index is 1.75. The lowest BCUT2D eigenvalue weighted by Gasteiger charge is -2.19. The first-order valence-electron chi connectivity index (χ1n) is 10.4. The minimum Gasteiger partial charge on any atom is -0.494 e. The smallest absolute Gasteiger partial charge is 0.154 e. The van der Waals surface area contributed by atoms with Crippen LogP contribution >= 0.6 is 15.9 Å². The molecule has 3 aromatic rings.